The summed E-state index contributed by atoms with van der Waals surface area (Å²) in [7, 11) is 0. The van der Waals surface area contributed by atoms with Gasteiger partial charge in [0.15, 0.2) is 18.3 Å². The lowest BCUT2D eigenvalue weighted by atomic mass is 10.2. The van der Waals surface area contributed by atoms with Crippen LogP contribution in [-0.4, -0.2) is 23.7 Å². The lowest BCUT2D eigenvalue weighted by Gasteiger charge is -2.10. The summed E-state index contributed by atoms with van der Waals surface area (Å²) in [5.74, 6) is 0.752. The average molecular weight is 473 g/mol. The first-order valence-electron chi connectivity index (χ1n) is 9.15. The summed E-state index contributed by atoms with van der Waals surface area (Å²) in [5.41, 5.74) is 1.38. The van der Waals surface area contributed by atoms with Crippen LogP contribution in [0.1, 0.15) is 17.9 Å². The Bertz CT molecular complexity index is 1040. The summed E-state index contributed by atoms with van der Waals surface area (Å²) in [4.78, 5) is 16.2. The van der Waals surface area contributed by atoms with Crippen molar-refractivity contribution in [3.05, 3.63) is 70.2 Å². The van der Waals surface area contributed by atoms with E-state index in [9.17, 15) is 18.0 Å². The summed E-state index contributed by atoms with van der Waals surface area (Å²) >= 11 is 12.0. The van der Waals surface area contributed by atoms with Crippen LogP contribution < -0.4 is 10.1 Å². The van der Waals surface area contributed by atoms with Gasteiger partial charge in [-0.15, -0.1) is 0 Å². The topological polar surface area (TPSA) is 64.4 Å². The Morgan fingerprint density at radius 2 is 1.87 bits per heavy atom. The molecule has 10 heteroatoms. The fourth-order valence-corrected chi connectivity index (χ4v) is 3.12. The minimum Gasteiger partial charge on any atom is -0.484 e. The molecule has 164 valence electrons. The number of hydrogen-bond acceptors (Lipinski definition) is 4. The number of amides is 1. The van der Waals surface area contributed by atoms with Crippen LogP contribution in [0, 0.1) is 0 Å². The number of halogens is 5. The maximum absolute atomic E-state index is 12.2. The molecular formula is C21H17Cl2F3N2O3. The highest BCUT2D eigenvalue weighted by Gasteiger charge is 2.28. The number of rotatable bonds is 8. The standard InChI is InChI=1S/C21H17Cl2F3N2O3/c22-14-3-6-16(17(23)9-14)18-11-28-20(31-18)8-7-19(29)27-10-13-1-4-15(5-2-13)30-12-21(24,25)26/h1-6,9,11H,7-8,10,12H2,(H,27,29). The molecular weight excluding hydrogens is 456 g/mol. The second kappa shape index (κ2) is 10.1. The lowest BCUT2D eigenvalue weighted by molar-refractivity contribution is -0.153. The monoisotopic (exact) mass is 472 g/mol. The van der Waals surface area contributed by atoms with Gasteiger partial charge in [-0.3, -0.25) is 4.79 Å². The Morgan fingerprint density at radius 1 is 1.13 bits per heavy atom. The van der Waals surface area contributed by atoms with E-state index in [-0.39, 0.29) is 24.6 Å². The van der Waals surface area contributed by atoms with Crippen molar-refractivity contribution in [3.8, 4) is 17.1 Å². The van der Waals surface area contributed by atoms with Crippen LogP contribution in [0.2, 0.25) is 10.0 Å². The molecule has 0 aliphatic rings. The Labute approximate surface area is 186 Å². The van der Waals surface area contributed by atoms with Crippen molar-refractivity contribution in [1.82, 2.24) is 10.3 Å². The minimum absolute atomic E-state index is 0.105. The molecule has 0 saturated heterocycles. The molecule has 0 radical (unpaired) electrons. The average Bonchev–Trinajstić information content (AvgIpc) is 3.18. The third kappa shape index (κ3) is 7.18. The predicted octanol–water partition coefficient (Wildman–Crippen LogP) is 5.84. The van der Waals surface area contributed by atoms with Crippen molar-refractivity contribution in [1.29, 1.82) is 0 Å². The first-order chi connectivity index (χ1) is 14.7. The fourth-order valence-electron chi connectivity index (χ4n) is 2.62. The number of aromatic nitrogens is 1. The molecule has 5 nitrogen and oxygen atoms in total. The molecule has 0 atom stereocenters. The number of oxazole rings is 1. The van der Waals surface area contributed by atoms with Gasteiger partial charge in [-0.25, -0.2) is 4.98 Å². The molecule has 0 aliphatic carbocycles. The highest BCUT2D eigenvalue weighted by Crippen LogP contribution is 2.30. The minimum atomic E-state index is -4.39. The predicted molar refractivity (Wildman–Crippen MR) is 110 cm³/mol. The number of carbonyl (C=O) groups is 1. The zero-order chi connectivity index (χ0) is 22.4. The summed E-state index contributed by atoms with van der Waals surface area (Å²) in [6.07, 6.45) is -2.41. The van der Waals surface area contributed by atoms with Gasteiger partial charge in [-0.1, -0.05) is 35.3 Å². The summed E-state index contributed by atoms with van der Waals surface area (Å²) in [5, 5.41) is 3.67. The Hall–Kier alpha value is -2.71. The van der Waals surface area contributed by atoms with E-state index in [1.165, 1.54) is 18.3 Å². The number of nitrogens with one attached hydrogen (secondary N) is 1. The second-order valence-corrected chi connectivity index (χ2v) is 7.41. The van der Waals surface area contributed by atoms with Gasteiger partial charge in [0.05, 0.1) is 11.2 Å². The number of alkyl halides is 3. The van der Waals surface area contributed by atoms with Crippen LogP contribution in [0.5, 0.6) is 5.75 Å². The quantitative estimate of drug-likeness (QED) is 0.447. The van der Waals surface area contributed by atoms with Gasteiger partial charge in [-0.05, 0) is 35.9 Å². The number of benzene rings is 2. The lowest BCUT2D eigenvalue weighted by Crippen LogP contribution is -2.23. The number of carbonyl (C=O) groups excluding carboxylic acids is 1. The zero-order valence-corrected chi connectivity index (χ0v) is 17.5. The molecule has 0 spiro atoms. The summed E-state index contributed by atoms with van der Waals surface area (Å²) < 4.78 is 46.7. The molecule has 0 unspecified atom stereocenters. The van der Waals surface area contributed by atoms with Gasteiger partial charge in [0.1, 0.15) is 5.75 Å². The first-order valence-corrected chi connectivity index (χ1v) is 9.90. The summed E-state index contributed by atoms with van der Waals surface area (Å²) in [6, 6.07) is 11.0. The van der Waals surface area contributed by atoms with E-state index in [0.29, 0.717) is 33.7 Å². The third-order valence-corrected chi connectivity index (χ3v) is 4.68. The number of ether oxygens (including phenoxy) is 1. The molecule has 0 saturated carbocycles. The van der Waals surface area contributed by atoms with Crippen molar-refractivity contribution < 1.29 is 27.1 Å². The van der Waals surface area contributed by atoms with E-state index in [1.54, 1.807) is 30.3 Å². The molecule has 2 aromatic carbocycles. The zero-order valence-electron chi connectivity index (χ0n) is 16.0. The molecule has 0 aliphatic heterocycles. The van der Waals surface area contributed by atoms with Crippen LogP contribution in [0.25, 0.3) is 11.3 Å². The maximum atomic E-state index is 12.2. The van der Waals surface area contributed by atoms with Crippen LogP contribution in [-0.2, 0) is 17.8 Å². The van der Waals surface area contributed by atoms with Crippen molar-refractivity contribution in [3.63, 3.8) is 0 Å². The van der Waals surface area contributed by atoms with Crippen LogP contribution in [0.3, 0.4) is 0 Å². The van der Waals surface area contributed by atoms with Crippen molar-refractivity contribution in [2.45, 2.75) is 25.6 Å². The Kier molecular flexibility index (Phi) is 7.46. The number of nitrogens with zero attached hydrogens (tertiary/aromatic N) is 1. The molecule has 0 bridgehead atoms. The third-order valence-electron chi connectivity index (χ3n) is 4.13. The van der Waals surface area contributed by atoms with Crippen molar-refractivity contribution >= 4 is 29.1 Å². The van der Waals surface area contributed by atoms with E-state index >= 15 is 0 Å². The summed E-state index contributed by atoms with van der Waals surface area (Å²) in [6.45, 7) is -1.12. The van der Waals surface area contributed by atoms with Gasteiger partial charge >= 0.3 is 6.18 Å². The molecule has 1 amide bonds. The number of aryl methyl sites for hydroxylation is 1. The number of hydrogen-bond donors (Lipinski definition) is 1. The van der Waals surface area contributed by atoms with E-state index in [2.05, 4.69) is 15.0 Å². The largest absolute Gasteiger partial charge is 0.484 e. The molecule has 3 rings (SSSR count). The van der Waals surface area contributed by atoms with E-state index in [0.717, 1.165) is 5.56 Å². The smallest absolute Gasteiger partial charge is 0.422 e. The molecule has 1 aromatic heterocycles. The Balaban J connectivity index is 1.45. The molecule has 31 heavy (non-hydrogen) atoms. The fraction of sp³-hybridized carbons (Fsp3) is 0.238. The van der Waals surface area contributed by atoms with Crippen molar-refractivity contribution in [2.24, 2.45) is 0 Å². The van der Waals surface area contributed by atoms with Gasteiger partial charge in [-0.2, -0.15) is 13.2 Å². The molecule has 1 N–H and O–H groups in total. The van der Waals surface area contributed by atoms with Crippen LogP contribution in [0.4, 0.5) is 13.2 Å². The van der Waals surface area contributed by atoms with Crippen LogP contribution in [0.15, 0.2) is 53.1 Å². The van der Waals surface area contributed by atoms with Crippen LogP contribution >= 0.6 is 23.2 Å². The van der Waals surface area contributed by atoms with E-state index in [1.807, 2.05) is 0 Å². The normalized spacial score (nSPS) is 11.4. The highest BCUT2D eigenvalue weighted by atomic mass is 35.5. The Morgan fingerprint density at radius 3 is 2.55 bits per heavy atom. The van der Waals surface area contributed by atoms with Crippen molar-refractivity contribution in [2.75, 3.05) is 6.61 Å². The van der Waals surface area contributed by atoms with E-state index < -0.39 is 12.8 Å². The van der Waals surface area contributed by atoms with Gasteiger partial charge in [0, 0.05) is 30.0 Å². The van der Waals surface area contributed by atoms with Gasteiger partial charge in [0.25, 0.3) is 0 Å². The maximum Gasteiger partial charge on any atom is 0.422 e. The SMILES string of the molecule is O=C(CCc1ncc(-c2ccc(Cl)cc2Cl)o1)NCc1ccc(OCC(F)(F)F)cc1. The van der Waals surface area contributed by atoms with Gasteiger partial charge in [0.2, 0.25) is 5.91 Å². The first kappa shape index (κ1) is 23.0. The molecule has 0 fully saturated rings. The highest BCUT2D eigenvalue weighted by molar-refractivity contribution is 6.36. The van der Waals surface area contributed by atoms with Gasteiger partial charge < -0.3 is 14.5 Å². The second-order valence-electron chi connectivity index (χ2n) is 6.57. The molecule has 3 aromatic rings. The molecule has 1 heterocycles. The van der Waals surface area contributed by atoms with E-state index in [4.69, 9.17) is 27.6 Å².